The summed E-state index contributed by atoms with van der Waals surface area (Å²) in [4.78, 5) is 1.47. The Hall–Kier alpha value is -1.51. The van der Waals surface area contributed by atoms with E-state index in [1.54, 1.807) is 0 Å². The van der Waals surface area contributed by atoms with Crippen molar-refractivity contribution < 1.29 is 0 Å². The Labute approximate surface area is 133 Å². The second kappa shape index (κ2) is 5.04. The van der Waals surface area contributed by atoms with E-state index in [2.05, 4.69) is 53.4 Å². The third-order valence-corrected chi connectivity index (χ3v) is 5.62. The Bertz CT molecular complexity index is 853. The normalized spacial score (nSPS) is 14.3. The second-order valence-corrected chi connectivity index (χ2v) is 7.10. The van der Waals surface area contributed by atoms with Gasteiger partial charge in [-0.1, -0.05) is 29.8 Å². The molecule has 1 aliphatic rings. The monoisotopic (exact) mass is 313 g/mol. The average Bonchev–Trinajstić information content (AvgIpc) is 3.02. The Kier molecular flexibility index (Phi) is 3.16. The summed E-state index contributed by atoms with van der Waals surface area (Å²) >= 11 is 8.10. The van der Waals surface area contributed by atoms with Gasteiger partial charge in [0.15, 0.2) is 0 Å². The van der Waals surface area contributed by atoms with Crippen molar-refractivity contribution in [2.24, 2.45) is 0 Å². The molecular weight excluding hydrogens is 298 g/mol. The van der Waals surface area contributed by atoms with Crippen LogP contribution in [0.5, 0.6) is 0 Å². The molecule has 0 amide bonds. The third-order valence-electron chi connectivity index (χ3n) is 4.21. The number of para-hydroxylation sites is 1. The van der Waals surface area contributed by atoms with Crippen molar-refractivity contribution in [2.75, 3.05) is 0 Å². The number of halogens is 1. The van der Waals surface area contributed by atoms with E-state index in [1.165, 1.54) is 32.5 Å². The lowest BCUT2D eigenvalue weighted by atomic mass is 10.0. The number of hydrogen-bond donors (Lipinski definition) is 0. The molecule has 3 aromatic rings. The fraction of sp³-hybridized carbons (Fsp3) is 0.222. The maximum absolute atomic E-state index is 6.23. The van der Waals surface area contributed by atoms with Gasteiger partial charge in [-0.2, -0.15) is 0 Å². The number of fused-ring (bicyclic) bond motifs is 2. The molecule has 106 valence electrons. The standard InChI is InChI=1S/C18H16ClNS/c1-12-9-20(17-5-3-2-4-15(12)17)10-13-11-21-18-7-6-14(19)8-16(13)18/h2-5,8-9,11H,6-7,10H2,1H3. The summed E-state index contributed by atoms with van der Waals surface area (Å²) in [7, 11) is 0. The maximum atomic E-state index is 6.23. The quantitative estimate of drug-likeness (QED) is 0.581. The van der Waals surface area contributed by atoms with Gasteiger partial charge in [-0.3, -0.25) is 0 Å². The zero-order valence-corrected chi connectivity index (χ0v) is 13.5. The van der Waals surface area contributed by atoms with Gasteiger partial charge < -0.3 is 4.57 Å². The van der Waals surface area contributed by atoms with E-state index in [1.807, 2.05) is 11.3 Å². The molecule has 4 rings (SSSR count). The van der Waals surface area contributed by atoms with Crippen LogP contribution in [0.4, 0.5) is 0 Å². The number of thiophene rings is 1. The van der Waals surface area contributed by atoms with Crippen LogP contribution in [0.25, 0.3) is 17.0 Å². The summed E-state index contributed by atoms with van der Waals surface area (Å²) in [5, 5.41) is 4.62. The molecule has 21 heavy (non-hydrogen) atoms. The SMILES string of the molecule is Cc1cn(Cc2csc3c2C=C(Cl)CC3)c2ccccc12. The molecule has 0 fully saturated rings. The molecule has 0 radical (unpaired) electrons. The number of benzene rings is 1. The molecule has 2 heterocycles. The molecular formula is C18H16ClNS. The smallest absolute Gasteiger partial charge is 0.0490 e. The number of aryl methyl sites for hydroxylation is 2. The summed E-state index contributed by atoms with van der Waals surface area (Å²) in [6.07, 6.45) is 6.48. The lowest BCUT2D eigenvalue weighted by Gasteiger charge is -2.11. The number of allylic oxidation sites excluding steroid dienone is 1. The first kappa shape index (κ1) is 13.2. The Balaban J connectivity index is 1.78. The van der Waals surface area contributed by atoms with Crippen molar-refractivity contribution in [3.05, 3.63) is 62.4 Å². The number of aromatic nitrogens is 1. The van der Waals surface area contributed by atoms with E-state index >= 15 is 0 Å². The van der Waals surface area contributed by atoms with Gasteiger partial charge in [0.1, 0.15) is 0 Å². The third kappa shape index (κ3) is 2.23. The highest BCUT2D eigenvalue weighted by Crippen LogP contribution is 2.34. The van der Waals surface area contributed by atoms with Crippen LogP contribution in [0.3, 0.4) is 0 Å². The summed E-state index contributed by atoms with van der Waals surface area (Å²) in [5.41, 5.74) is 5.38. The topological polar surface area (TPSA) is 4.93 Å². The summed E-state index contributed by atoms with van der Waals surface area (Å²) in [6, 6.07) is 8.61. The lowest BCUT2D eigenvalue weighted by Crippen LogP contribution is -2.00. The minimum atomic E-state index is 0.918. The van der Waals surface area contributed by atoms with Gasteiger partial charge in [0.25, 0.3) is 0 Å². The Morgan fingerprint density at radius 3 is 3.00 bits per heavy atom. The Morgan fingerprint density at radius 2 is 2.10 bits per heavy atom. The molecule has 2 aromatic heterocycles. The van der Waals surface area contributed by atoms with Crippen LogP contribution in [-0.4, -0.2) is 4.57 Å². The number of hydrogen-bond acceptors (Lipinski definition) is 1. The fourth-order valence-electron chi connectivity index (χ4n) is 3.14. The van der Waals surface area contributed by atoms with E-state index in [4.69, 9.17) is 11.6 Å². The van der Waals surface area contributed by atoms with Gasteiger partial charge in [-0.05, 0) is 54.0 Å². The molecule has 1 aromatic carbocycles. The molecule has 0 saturated heterocycles. The molecule has 0 aliphatic heterocycles. The maximum Gasteiger partial charge on any atom is 0.0490 e. The highest BCUT2D eigenvalue weighted by atomic mass is 35.5. The molecule has 0 N–H and O–H groups in total. The van der Waals surface area contributed by atoms with Crippen LogP contribution in [-0.2, 0) is 13.0 Å². The highest BCUT2D eigenvalue weighted by Gasteiger charge is 2.16. The van der Waals surface area contributed by atoms with E-state index < -0.39 is 0 Å². The zero-order chi connectivity index (χ0) is 14.4. The second-order valence-electron chi connectivity index (χ2n) is 5.65. The van der Waals surface area contributed by atoms with Crippen molar-refractivity contribution in [1.82, 2.24) is 4.57 Å². The molecule has 1 aliphatic carbocycles. The molecule has 0 bridgehead atoms. The molecule has 3 heteroatoms. The van der Waals surface area contributed by atoms with Crippen molar-refractivity contribution in [2.45, 2.75) is 26.3 Å². The number of rotatable bonds is 2. The van der Waals surface area contributed by atoms with Crippen LogP contribution in [0, 0.1) is 6.92 Å². The molecule has 0 unspecified atom stereocenters. The van der Waals surface area contributed by atoms with E-state index in [0.29, 0.717) is 0 Å². The van der Waals surface area contributed by atoms with E-state index in [9.17, 15) is 0 Å². The van der Waals surface area contributed by atoms with Crippen molar-refractivity contribution in [1.29, 1.82) is 0 Å². The first-order valence-corrected chi connectivity index (χ1v) is 8.48. The van der Waals surface area contributed by atoms with Gasteiger partial charge in [0, 0.05) is 33.6 Å². The van der Waals surface area contributed by atoms with Crippen LogP contribution in [0.1, 0.15) is 28.0 Å². The predicted octanol–water partition coefficient (Wildman–Crippen LogP) is 5.59. The highest BCUT2D eigenvalue weighted by molar-refractivity contribution is 7.10. The molecule has 1 nitrogen and oxygen atoms in total. The minimum Gasteiger partial charge on any atom is -0.343 e. The van der Waals surface area contributed by atoms with E-state index in [0.717, 1.165) is 24.4 Å². The first-order valence-electron chi connectivity index (χ1n) is 7.22. The zero-order valence-electron chi connectivity index (χ0n) is 11.9. The lowest BCUT2D eigenvalue weighted by molar-refractivity contribution is 0.832. The fourth-order valence-corrected chi connectivity index (χ4v) is 4.37. The van der Waals surface area contributed by atoms with Crippen LogP contribution >= 0.6 is 22.9 Å². The minimum absolute atomic E-state index is 0.918. The first-order chi connectivity index (χ1) is 10.2. The van der Waals surface area contributed by atoms with Gasteiger partial charge in [-0.25, -0.2) is 0 Å². The molecule has 0 saturated carbocycles. The van der Waals surface area contributed by atoms with Crippen molar-refractivity contribution >= 4 is 39.9 Å². The van der Waals surface area contributed by atoms with Crippen molar-refractivity contribution in [3.8, 4) is 0 Å². The van der Waals surface area contributed by atoms with Gasteiger partial charge >= 0.3 is 0 Å². The molecule has 0 atom stereocenters. The van der Waals surface area contributed by atoms with Crippen LogP contribution < -0.4 is 0 Å². The Morgan fingerprint density at radius 1 is 1.24 bits per heavy atom. The van der Waals surface area contributed by atoms with Gasteiger partial charge in [0.2, 0.25) is 0 Å². The predicted molar refractivity (Wildman–Crippen MR) is 92.2 cm³/mol. The van der Waals surface area contributed by atoms with Gasteiger partial charge in [-0.15, -0.1) is 11.3 Å². The van der Waals surface area contributed by atoms with Crippen molar-refractivity contribution in [3.63, 3.8) is 0 Å². The van der Waals surface area contributed by atoms with Crippen LogP contribution in [0.15, 0.2) is 40.9 Å². The van der Waals surface area contributed by atoms with Crippen LogP contribution in [0.2, 0.25) is 0 Å². The largest absolute Gasteiger partial charge is 0.343 e. The molecule has 0 spiro atoms. The number of nitrogens with zero attached hydrogens (tertiary/aromatic N) is 1. The summed E-state index contributed by atoms with van der Waals surface area (Å²) < 4.78 is 2.35. The summed E-state index contributed by atoms with van der Waals surface area (Å²) in [6.45, 7) is 3.10. The van der Waals surface area contributed by atoms with Gasteiger partial charge in [0.05, 0.1) is 0 Å². The van der Waals surface area contributed by atoms with E-state index in [-0.39, 0.29) is 0 Å². The average molecular weight is 314 g/mol. The summed E-state index contributed by atoms with van der Waals surface area (Å²) in [5.74, 6) is 0.